The number of furan rings is 2. The first-order valence-electron chi connectivity index (χ1n) is 8.37. The summed E-state index contributed by atoms with van der Waals surface area (Å²) in [5, 5.41) is 5.95. The first-order chi connectivity index (χ1) is 11.7. The lowest BCUT2D eigenvalue weighted by Gasteiger charge is -2.31. The molecule has 0 spiro atoms. The molecule has 0 unspecified atom stereocenters. The molecule has 1 fully saturated rings. The van der Waals surface area contributed by atoms with E-state index >= 15 is 0 Å². The molecule has 0 bridgehead atoms. The third kappa shape index (κ3) is 4.07. The van der Waals surface area contributed by atoms with Crippen LogP contribution in [0.3, 0.4) is 0 Å². The van der Waals surface area contributed by atoms with Crippen LogP contribution in [0, 0.1) is 5.92 Å². The van der Waals surface area contributed by atoms with Gasteiger partial charge in [0.05, 0.1) is 23.7 Å². The van der Waals surface area contributed by atoms with Crippen molar-refractivity contribution in [1.82, 2.24) is 10.6 Å². The fourth-order valence-corrected chi connectivity index (χ4v) is 3.22. The van der Waals surface area contributed by atoms with Crippen LogP contribution in [0.25, 0.3) is 0 Å². The smallest absolute Gasteiger partial charge is 0.254 e. The van der Waals surface area contributed by atoms with Gasteiger partial charge in [0.2, 0.25) is 0 Å². The van der Waals surface area contributed by atoms with Gasteiger partial charge in [-0.2, -0.15) is 0 Å². The predicted molar refractivity (Wildman–Crippen MR) is 87.6 cm³/mol. The van der Waals surface area contributed by atoms with Gasteiger partial charge >= 0.3 is 0 Å². The van der Waals surface area contributed by atoms with Crippen LogP contribution in [0.15, 0.2) is 46.0 Å². The molecule has 0 radical (unpaired) electrons. The van der Waals surface area contributed by atoms with Crippen LogP contribution in [-0.2, 0) is 0 Å². The van der Waals surface area contributed by atoms with Crippen molar-refractivity contribution in [2.75, 3.05) is 6.54 Å². The average molecular weight is 330 g/mol. The van der Waals surface area contributed by atoms with Gasteiger partial charge in [-0.1, -0.05) is 19.3 Å². The molecule has 1 aliphatic carbocycles. The second kappa shape index (κ2) is 7.86. The van der Waals surface area contributed by atoms with E-state index in [1.54, 1.807) is 12.1 Å². The molecular formula is C18H22N2O4. The number of hydrogen-bond acceptors (Lipinski definition) is 4. The molecular weight excluding hydrogens is 308 g/mol. The van der Waals surface area contributed by atoms with Crippen molar-refractivity contribution >= 4 is 11.8 Å². The summed E-state index contributed by atoms with van der Waals surface area (Å²) in [7, 11) is 0. The molecule has 24 heavy (non-hydrogen) atoms. The number of amides is 2. The standard InChI is InChI=1S/C18H22N2O4/c21-17(14-6-8-23-11-14)19-10-16(13-4-2-1-3-5-13)20-18(22)15-7-9-24-12-15/h6-9,11-13,16H,1-5,10H2,(H,19,21)(H,20,22)/t16-/m0/s1. The second-order valence-electron chi connectivity index (χ2n) is 6.21. The van der Waals surface area contributed by atoms with E-state index < -0.39 is 0 Å². The first kappa shape index (κ1) is 16.4. The quantitative estimate of drug-likeness (QED) is 0.853. The van der Waals surface area contributed by atoms with E-state index in [4.69, 9.17) is 8.83 Å². The highest BCUT2D eigenvalue weighted by Crippen LogP contribution is 2.26. The maximum Gasteiger partial charge on any atom is 0.254 e. The Morgan fingerprint density at radius 3 is 2.21 bits per heavy atom. The van der Waals surface area contributed by atoms with Gasteiger partial charge < -0.3 is 19.5 Å². The Balaban J connectivity index is 1.62. The lowest BCUT2D eigenvalue weighted by atomic mass is 9.83. The zero-order valence-corrected chi connectivity index (χ0v) is 13.5. The highest BCUT2D eigenvalue weighted by atomic mass is 16.3. The maximum atomic E-state index is 12.3. The van der Waals surface area contributed by atoms with E-state index in [2.05, 4.69) is 10.6 Å². The lowest BCUT2D eigenvalue weighted by molar-refractivity contribution is 0.0882. The van der Waals surface area contributed by atoms with Crippen molar-refractivity contribution in [3.63, 3.8) is 0 Å². The highest BCUT2D eigenvalue weighted by Gasteiger charge is 2.26. The van der Waals surface area contributed by atoms with Crippen molar-refractivity contribution < 1.29 is 18.4 Å². The summed E-state index contributed by atoms with van der Waals surface area (Å²) in [6, 6.07) is 3.16. The first-order valence-corrected chi connectivity index (χ1v) is 8.37. The molecule has 1 atom stereocenters. The van der Waals surface area contributed by atoms with Gasteiger partial charge in [-0.05, 0) is 30.9 Å². The summed E-state index contributed by atoms with van der Waals surface area (Å²) in [4.78, 5) is 24.4. The minimum atomic E-state index is -0.192. The van der Waals surface area contributed by atoms with Crippen molar-refractivity contribution in [3.8, 4) is 0 Å². The van der Waals surface area contributed by atoms with Crippen LogP contribution in [0.2, 0.25) is 0 Å². The Hall–Kier alpha value is -2.50. The summed E-state index contributed by atoms with van der Waals surface area (Å²) in [6.45, 7) is 0.401. The Kier molecular flexibility index (Phi) is 5.36. The summed E-state index contributed by atoms with van der Waals surface area (Å²) >= 11 is 0. The van der Waals surface area contributed by atoms with E-state index in [1.165, 1.54) is 44.3 Å². The maximum absolute atomic E-state index is 12.3. The largest absolute Gasteiger partial charge is 0.472 e. The van der Waals surface area contributed by atoms with Gasteiger partial charge in [0, 0.05) is 12.6 Å². The molecule has 0 aliphatic heterocycles. The van der Waals surface area contributed by atoms with Crippen molar-refractivity contribution in [2.45, 2.75) is 38.1 Å². The van der Waals surface area contributed by atoms with Gasteiger partial charge in [0.25, 0.3) is 11.8 Å². The molecule has 3 rings (SSSR count). The molecule has 2 amide bonds. The molecule has 128 valence electrons. The number of carbonyl (C=O) groups excluding carboxylic acids is 2. The van der Waals surface area contributed by atoms with Crippen molar-refractivity contribution in [3.05, 3.63) is 48.3 Å². The Labute approximate surface area is 140 Å². The Morgan fingerprint density at radius 1 is 1.00 bits per heavy atom. The van der Waals surface area contributed by atoms with Gasteiger partial charge in [-0.3, -0.25) is 9.59 Å². The average Bonchev–Trinajstić information content (AvgIpc) is 3.32. The van der Waals surface area contributed by atoms with Gasteiger partial charge in [-0.15, -0.1) is 0 Å². The second-order valence-corrected chi connectivity index (χ2v) is 6.21. The van der Waals surface area contributed by atoms with Crippen molar-refractivity contribution in [2.24, 2.45) is 5.92 Å². The summed E-state index contributed by atoms with van der Waals surface area (Å²) in [5.41, 5.74) is 0.982. The Morgan fingerprint density at radius 2 is 1.62 bits per heavy atom. The zero-order valence-electron chi connectivity index (χ0n) is 13.5. The van der Waals surface area contributed by atoms with Gasteiger partial charge in [0.15, 0.2) is 0 Å². The minimum Gasteiger partial charge on any atom is -0.472 e. The predicted octanol–water partition coefficient (Wildman–Crippen LogP) is 2.98. The summed E-state index contributed by atoms with van der Waals surface area (Å²) in [6.07, 6.45) is 11.5. The molecule has 0 saturated heterocycles. The van der Waals surface area contributed by atoms with Crippen LogP contribution in [-0.4, -0.2) is 24.4 Å². The molecule has 2 aromatic heterocycles. The molecule has 2 aromatic rings. The number of hydrogen-bond donors (Lipinski definition) is 2. The third-order valence-electron chi connectivity index (χ3n) is 4.58. The molecule has 2 heterocycles. The molecule has 1 aliphatic rings. The molecule has 2 N–H and O–H groups in total. The van der Waals surface area contributed by atoms with Crippen LogP contribution in [0.1, 0.15) is 52.8 Å². The summed E-state index contributed by atoms with van der Waals surface area (Å²) < 4.78 is 9.90. The zero-order chi connectivity index (χ0) is 16.8. The van der Waals surface area contributed by atoms with Crippen LogP contribution in [0.4, 0.5) is 0 Å². The van der Waals surface area contributed by atoms with E-state index in [0.29, 0.717) is 23.6 Å². The highest BCUT2D eigenvalue weighted by molar-refractivity contribution is 5.95. The molecule has 0 aromatic carbocycles. The van der Waals surface area contributed by atoms with Crippen LogP contribution in [0.5, 0.6) is 0 Å². The molecule has 6 nitrogen and oxygen atoms in total. The molecule has 6 heteroatoms. The minimum absolute atomic E-state index is 0.0939. The Bertz CT molecular complexity index is 643. The van der Waals surface area contributed by atoms with E-state index in [0.717, 1.165) is 12.8 Å². The van der Waals surface area contributed by atoms with Crippen LogP contribution < -0.4 is 10.6 Å². The van der Waals surface area contributed by atoms with E-state index in [1.807, 2.05) is 0 Å². The van der Waals surface area contributed by atoms with Crippen LogP contribution >= 0.6 is 0 Å². The van der Waals surface area contributed by atoms with E-state index in [-0.39, 0.29) is 17.9 Å². The van der Waals surface area contributed by atoms with Gasteiger partial charge in [0.1, 0.15) is 12.5 Å². The van der Waals surface area contributed by atoms with Crippen molar-refractivity contribution in [1.29, 1.82) is 0 Å². The third-order valence-corrected chi connectivity index (χ3v) is 4.58. The number of rotatable bonds is 6. The fourth-order valence-electron chi connectivity index (χ4n) is 3.22. The number of carbonyl (C=O) groups is 2. The monoisotopic (exact) mass is 330 g/mol. The lowest BCUT2D eigenvalue weighted by Crippen LogP contribution is -2.48. The number of nitrogens with one attached hydrogen (secondary N) is 2. The normalized spacial score (nSPS) is 16.5. The van der Waals surface area contributed by atoms with Gasteiger partial charge in [-0.25, -0.2) is 0 Å². The fraction of sp³-hybridized carbons (Fsp3) is 0.444. The molecule has 1 saturated carbocycles. The SMILES string of the molecule is O=C(NC[C@H](NC(=O)c1ccoc1)C1CCCCC1)c1ccoc1. The topological polar surface area (TPSA) is 84.5 Å². The summed E-state index contributed by atoms with van der Waals surface area (Å²) in [5.74, 6) is 0.0123. The van der Waals surface area contributed by atoms with E-state index in [9.17, 15) is 9.59 Å².